The number of hydrogen-bond donors (Lipinski definition) is 1. The predicted molar refractivity (Wildman–Crippen MR) is 63.0 cm³/mol. The smallest absolute Gasteiger partial charge is 0.0682 e. The molecule has 0 fully saturated rings. The Hall–Kier alpha value is -1.13. The van der Waals surface area contributed by atoms with E-state index in [1.54, 1.807) is 11.3 Å². The third-order valence-corrected chi connectivity index (χ3v) is 3.67. The molecule has 2 aromatic heterocycles. The van der Waals surface area contributed by atoms with E-state index in [0.717, 1.165) is 11.3 Å². The Kier molecular flexibility index (Phi) is 2.63. The van der Waals surface area contributed by atoms with Crippen molar-refractivity contribution >= 4 is 11.3 Å². The summed E-state index contributed by atoms with van der Waals surface area (Å²) in [4.78, 5) is 1.23. The molecular weight excluding hydrogens is 206 g/mol. The van der Waals surface area contributed by atoms with Crippen molar-refractivity contribution in [3.63, 3.8) is 0 Å². The molecule has 0 aliphatic rings. The van der Waals surface area contributed by atoms with Crippen molar-refractivity contribution in [2.45, 2.75) is 19.9 Å². The minimum Gasteiger partial charge on any atom is -0.319 e. The van der Waals surface area contributed by atoms with Gasteiger partial charge in [-0.05, 0) is 30.9 Å². The van der Waals surface area contributed by atoms with Gasteiger partial charge in [0.05, 0.1) is 11.7 Å². The fourth-order valence-corrected chi connectivity index (χ4v) is 2.71. The first-order valence-electron chi connectivity index (χ1n) is 4.89. The minimum atomic E-state index is -0.0429. The molecule has 2 N–H and O–H groups in total. The lowest BCUT2D eigenvalue weighted by Crippen LogP contribution is -2.11. The molecule has 15 heavy (non-hydrogen) atoms. The van der Waals surface area contributed by atoms with E-state index in [2.05, 4.69) is 23.5 Å². The molecule has 0 aliphatic heterocycles. The third-order valence-electron chi connectivity index (χ3n) is 2.57. The van der Waals surface area contributed by atoms with Crippen LogP contribution in [-0.4, -0.2) is 9.78 Å². The van der Waals surface area contributed by atoms with Crippen molar-refractivity contribution < 1.29 is 0 Å². The summed E-state index contributed by atoms with van der Waals surface area (Å²) in [6, 6.07) is 2.06. The molecule has 0 radical (unpaired) electrons. The number of nitrogens with two attached hydrogens (primary N) is 1. The molecule has 3 nitrogen and oxygen atoms in total. The van der Waals surface area contributed by atoms with Gasteiger partial charge >= 0.3 is 0 Å². The van der Waals surface area contributed by atoms with Gasteiger partial charge in [0.2, 0.25) is 0 Å². The summed E-state index contributed by atoms with van der Waals surface area (Å²) >= 11 is 1.71. The van der Waals surface area contributed by atoms with Gasteiger partial charge in [0.25, 0.3) is 0 Å². The Labute approximate surface area is 93.5 Å². The molecule has 0 saturated heterocycles. The van der Waals surface area contributed by atoms with Crippen molar-refractivity contribution in [1.29, 1.82) is 0 Å². The number of hydrogen-bond acceptors (Lipinski definition) is 3. The molecule has 2 rings (SSSR count). The average Bonchev–Trinajstić information content (AvgIpc) is 2.71. The first kappa shape index (κ1) is 10.4. The summed E-state index contributed by atoms with van der Waals surface area (Å²) in [6.07, 6.45) is 2.00. The molecule has 0 amide bonds. The lowest BCUT2D eigenvalue weighted by atomic mass is 10.1. The van der Waals surface area contributed by atoms with Crippen LogP contribution in [0.3, 0.4) is 0 Å². The molecule has 80 valence electrons. The van der Waals surface area contributed by atoms with E-state index in [4.69, 9.17) is 5.73 Å². The molecule has 1 atom stereocenters. The van der Waals surface area contributed by atoms with Crippen LogP contribution in [0.25, 0.3) is 0 Å². The van der Waals surface area contributed by atoms with Crippen LogP contribution in [0.5, 0.6) is 0 Å². The zero-order valence-corrected chi connectivity index (χ0v) is 10.0. The second-order valence-corrected chi connectivity index (χ2v) is 4.74. The molecular formula is C11H15N3S. The van der Waals surface area contributed by atoms with E-state index in [-0.39, 0.29) is 6.04 Å². The van der Waals surface area contributed by atoms with Gasteiger partial charge in [-0.2, -0.15) is 5.10 Å². The molecule has 4 heteroatoms. The first-order valence-corrected chi connectivity index (χ1v) is 5.77. The van der Waals surface area contributed by atoms with Crippen molar-refractivity contribution in [3.8, 4) is 0 Å². The lowest BCUT2D eigenvalue weighted by molar-refractivity contribution is 0.756. The van der Waals surface area contributed by atoms with E-state index in [9.17, 15) is 0 Å². The normalized spacial score (nSPS) is 13.1. The summed E-state index contributed by atoms with van der Waals surface area (Å²) in [5.74, 6) is 0. The van der Waals surface area contributed by atoms with Crippen LogP contribution in [0.15, 0.2) is 17.6 Å². The van der Waals surface area contributed by atoms with Crippen LogP contribution in [-0.2, 0) is 7.05 Å². The van der Waals surface area contributed by atoms with Crippen molar-refractivity contribution in [3.05, 3.63) is 39.3 Å². The highest BCUT2D eigenvalue weighted by Gasteiger charge is 2.16. The van der Waals surface area contributed by atoms with E-state index < -0.39 is 0 Å². The van der Waals surface area contributed by atoms with Crippen molar-refractivity contribution in [2.75, 3.05) is 0 Å². The lowest BCUT2D eigenvalue weighted by Gasteiger charge is -2.09. The minimum absolute atomic E-state index is 0.0429. The Balaban J connectivity index is 2.40. The summed E-state index contributed by atoms with van der Waals surface area (Å²) in [5, 5.41) is 6.39. The summed E-state index contributed by atoms with van der Waals surface area (Å²) in [7, 11) is 1.92. The SMILES string of the molecule is Cc1ccsc1C(N)c1cn(C)nc1C. The predicted octanol–water partition coefficient (Wildman–Crippen LogP) is 2.15. The van der Waals surface area contributed by atoms with E-state index in [1.165, 1.54) is 10.4 Å². The average molecular weight is 221 g/mol. The van der Waals surface area contributed by atoms with Crippen LogP contribution in [0.1, 0.15) is 27.7 Å². The van der Waals surface area contributed by atoms with Gasteiger partial charge in [-0.15, -0.1) is 11.3 Å². The summed E-state index contributed by atoms with van der Waals surface area (Å²) in [5.41, 5.74) is 9.62. The van der Waals surface area contributed by atoms with Crippen molar-refractivity contribution in [2.24, 2.45) is 12.8 Å². The first-order chi connectivity index (χ1) is 7.09. The maximum Gasteiger partial charge on any atom is 0.0682 e. The fraction of sp³-hybridized carbons (Fsp3) is 0.364. The standard InChI is InChI=1S/C11H15N3S/c1-7-4-5-15-11(7)10(12)9-6-14(3)13-8(9)2/h4-6,10H,12H2,1-3H3. The number of thiophene rings is 1. The Morgan fingerprint density at radius 1 is 1.47 bits per heavy atom. The van der Waals surface area contributed by atoms with E-state index >= 15 is 0 Å². The van der Waals surface area contributed by atoms with Crippen LogP contribution in [0.2, 0.25) is 0 Å². The highest BCUT2D eigenvalue weighted by Crippen LogP contribution is 2.28. The van der Waals surface area contributed by atoms with Gasteiger partial charge in [0, 0.05) is 23.7 Å². The molecule has 2 heterocycles. The highest BCUT2D eigenvalue weighted by atomic mass is 32.1. The monoisotopic (exact) mass is 221 g/mol. The number of nitrogens with zero attached hydrogens (tertiary/aromatic N) is 2. The Bertz CT molecular complexity index is 470. The fourth-order valence-electron chi connectivity index (χ4n) is 1.77. The largest absolute Gasteiger partial charge is 0.319 e. The van der Waals surface area contributed by atoms with E-state index in [1.807, 2.05) is 24.9 Å². The molecule has 0 saturated carbocycles. The van der Waals surface area contributed by atoms with Crippen LogP contribution >= 0.6 is 11.3 Å². The molecule has 1 unspecified atom stereocenters. The van der Waals surface area contributed by atoms with Crippen molar-refractivity contribution in [1.82, 2.24) is 9.78 Å². The second-order valence-electron chi connectivity index (χ2n) is 3.79. The van der Waals surface area contributed by atoms with Gasteiger partial charge in [-0.3, -0.25) is 4.68 Å². The van der Waals surface area contributed by atoms with Gasteiger partial charge in [-0.1, -0.05) is 0 Å². The van der Waals surface area contributed by atoms with Gasteiger partial charge in [0.15, 0.2) is 0 Å². The molecule has 0 aromatic carbocycles. The van der Waals surface area contributed by atoms with Crippen LogP contribution in [0, 0.1) is 13.8 Å². The maximum absolute atomic E-state index is 6.23. The third kappa shape index (κ3) is 1.82. The van der Waals surface area contributed by atoms with E-state index in [0.29, 0.717) is 0 Å². The number of aryl methyl sites for hydroxylation is 3. The molecule has 0 aliphatic carbocycles. The second kappa shape index (κ2) is 3.79. The molecule has 0 spiro atoms. The number of aromatic nitrogens is 2. The van der Waals surface area contributed by atoms with Crippen LogP contribution in [0.4, 0.5) is 0 Å². The van der Waals surface area contributed by atoms with Gasteiger partial charge < -0.3 is 5.73 Å². The molecule has 0 bridgehead atoms. The highest BCUT2D eigenvalue weighted by molar-refractivity contribution is 7.10. The zero-order valence-electron chi connectivity index (χ0n) is 9.19. The summed E-state index contributed by atoms with van der Waals surface area (Å²) in [6.45, 7) is 4.09. The topological polar surface area (TPSA) is 43.8 Å². The zero-order chi connectivity index (χ0) is 11.0. The van der Waals surface area contributed by atoms with Crippen LogP contribution < -0.4 is 5.73 Å². The molecule has 2 aromatic rings. The maximum atomic E-state index is 6.23. The van der Waals surface area contributed by atoms with Gasteiger partial charge in [-0.25, -0.2) is 0 Å². The quantitative estimate of drug-likeness (QED) is 0.844. The van der Waals surface area contributed by atoms with Gasteiger partial charge in [0.1, 0.15) is 0 Å². The Morgan fingerprint density at radius 3 is 2.67 bits per heavy atom. The summed E-state index contributed by atoms with van der Waals surface area (Å²) < 4.78 is 1.81. The Morgan fingerprint density at radius 2 is 2.20 bits per heavy atom. The number of rotatable bonds is 2.